The summed E-state index contributed by atoms with van der Waals surface area (Å²) >= 11 is 0. The van der Waals surface area contributed by atoms with Gasteiger partial charge in [-0.1, -0.05) is 0 Å². The highest BCUT2D eigenvalue weighted by Gasteiger charge is 2.35. The Bertz CT molecular complexity index is 531. The summed E-state index contributed by atoms with van der Waals surface area (Å²) in [5.74, 6) is -1.07. The number of amides is 1. The lowest BCUT2D eigenvalue weighted by Gasteiger charge is -2.34. The number of nitrogens with one attached hydrogen (secondary N) is 1. The average molecular weight is 301 g/mol. The van der Waals surface area contributed by atoms with Crippen LogP contribution in [-0.2, 0) is 6.18 Å². The summed E-state index contributed by atoms with van der Waals surface area (Å²) in [6.07, 6.45) is -2.69. The number of anilines is 1. The molecule has 2 rings (SSSR count). The SMILES string of the molecule is CNC1CCCN(c2ccc(C(N)=O)c(C(F)(F)F)c2)C1. The second kappa shape index (κ2) is 5.93. The number of alkyl halides is 3. The van der Waals surface area contributed by atoms with Gasteiger partial charge in [0.05, 0.1) is 11.1 Å². The van der Waals surface area contributed by atoms with Crippen LogP contribution in [0.2, 0.25) is 0 Å². The smallest absolute Gasteiger partial charge is 0.370 e. The van der Waals surface area contributed by atoms with Crippen LogP contribution in [0.4, 0.5) is 18.9 Å². The standard InChI is InChI=1S/C14H18F3N3O/c1-19-9-3-2-6-20(8-9)10-4-5-11(13(18)21)12(7-10)14(15,16)17/h4-5,7,9,19H,2-3,6,8H2,1H3,(H2,18,21). The van der Waals surface area contributed by atoms with E-state index in [0.29, 0.717) is 18.8 Å². The molecule has 1 aliphatic rings. The predicted molar refractivity (Wildman–Crippen MR) is 74.3 cm³/mol. The quantitative estimate of drug-likeness (QED) is 0.897. The molecule has 21 heavy (non-hydrogen) atoms. The van der Waals surface area contributed by atoms with Gasteiger partial charge in [0, 0.05) is 24.8 Å². The maximum absolute atomic E-state index is 13.1. The monoisotopic (exact) mass is 301 g/mol. The molecule has 7 heteroatoms. The first kappa shape index (κ1) is 15.6. The predicted octanol–water partition coefficient (Wildman–Crippen LogP) is 1.99. The van der Waals surface area contributed by atoms with Crippen molar-refractivity contribution in [3.05, 3.63) is 29.3 Å². The Morgan fingerprint density at radius 2 is 2.14 bits per heavy atom. The number of halogens is 3. The highest BCUT2D eigenvalue weighted by atomic mass is 19.4. The number of carbonyl (C=O) groups excluding carboxylic acids is 1. The van der Waals surface area contributed by atoms with E-state index in [9.17, 15) is 18.0 Å². The Hall–Kier alpha value is -1.76. The third kappa shape index (κ3) is 3.47. The zero-order valence-corrected chi connectivity index (χ0v) is 11.7. The van der Waals surface area contributed by atoms with Gasteiger partial charge < -0.3 is 16.0 Å². The van der Waals surface area contributed by atoms with Crippen LogP contribution < -0.4 is 16.0 Å². The van der Waals surface area contributed by atoms with E-state index in [1.807, 2.05) is 11.9 Å². The minimum atomic E-state index is -4.60. The van der Waals surface area contributed by atoms with Crippen molar-refractivity contribution in [1.29, 1.82) is 0 Å². The van der Waals surface area contributed by atoms with Gasteiger partial charge in [-0.3, -0.25) is 4.79 Å². The van der Waals surface area contributed by atoms with Crippen LogP contribution >= 0.6 is 0 Å². The van der Waals surface area contributed by atoms with Gasteiger partial charge in [0.15, 0.2) is 0 Å². The van der Waals surface area contributed by atoms with E-state index in [2.05, 4.69) is 5.32 Å². The van der Waals surface area contributed by atoms with Gasteiger partial charge in [-0.2, -0.15) is 13.2 Å². The van der Waals surface area contributed by atoms with Crippen molar-refractivity contribution >= 4 is 11.6 Å². The van der Waals surface area contributed by atoms with Crippen molar-refractivity contribution in [2.75, 3.05) is 25.0 Å². The molecular weight excluding hydrogens is 283 g/mol. The number of nitrogens with zero attached hydrogens (tertiary/aromatic N) is 1. The van der Waals surface area contributed by atoms with Crippen LogP contribution in [0.1, 0.15) is 28.8 Å². The van der Waals surface area contributed by atoms with Crippen molar-refractivity contribution in [2.45, 2.75) is 25.1 Å². The van der Waals surface area contributed by atoms with Crippen molar-refractivity contribution in [3.8, 4) is 0 Å². The zero-order valence-electron chi connectivity index (χ0n) is 11.7. The number of piperidine rings is 1. The number of carbonyl (C=O) groups is 1. The Balaban J connectivity index is 2.35. The van der Waals surface area contributed by atoms with E-state index in [4.69, 9.17) is 5.73 Å². The molecule has 0 bridgehead atoms. The first-order valence-electron chi connectivity index (χ1n) is 6.76. The maximum atomic E-state index is 13.1. The minimum Gasteiger partial charge on any atom is -0.370 e. The van der Waals surface area contributed by atoms with Gasteiger partial charge in [0.2, 0.25) is 5.91 Å². The van der Waals surface area contributed by atoms with E-state index in [-0.39, 0.29) is 6.04 Å². The highest BCUT2D eigenvalue weighted by molar-refractivity contribution is 5.95. The second-order valence-electron chi connectivity index (χ2n) is 5.17. The molecule has 116 valence electrons. The molecule has 0 radical (unpaired) electrons. The first-order chi connectivity index (χ1) is 9.82. The Morgan fingerprint density at radius 3 is 2.71 bits per heavy atom. The number of hydrogen-bond acceptors (Lipinski definition) is 3. The van der Waals surface area contributed by atoms with Crippen molar-refractivity contribution in [2.24, 2.45) is 5.73 Å². The van der Waals surface area contributed by atoms with Gasteiger partial charge in [-0.15, -0.1) is 0 Å². The van der Waals surface area contributed by atoms with Gasteiger partial charge in [-0.25, -0.2) is 0 Å². The molecular formula is C14H18F3N3O. The molecule has 0 aromatic heterocycles. The fourth-order valence-electron chi connectivity index (χ4n) is 2.63. The number of likely N-dealkylation sites (N-methyl/N-ethyl adjacent to an activating group) is 1. The number of primary amides is 1. The Labute approximate surface area is 121 Å². The molecule has 3 N–H and O–H groups in total. The van der Waals surface area contributed by atoms with Crippen LogP contribution in [-0.4, -0.2) is 32.1 Å². The Kier molecular flexibility index (Phi) is 4.41. The molecule has 1 saturated heterocycles. The van der Waals surface area contributed by atoms with Crippen LogP contribution in [0.3, 0.4) is 0 Å². The van der Waals surface area contributed by atoms with E-state index in [1.165, 1.54) is 6.07 Å². The van der Waals surface area contributed by atoms with Gasteiger partial charge in [0.25, 0.3) is 0 Å². The third-order valence-electron chi connectivity index (χ3n) is 3.77. The van der Waals surface area contributed by atoms with Crippen LogP contribution in [0.5, 0.6) is 0 Å². The average Bonchev–Trinajstić information content (AvgIpc) is 2.45. The molecule has 4 nitrogen and oxygen atoms in total. The van der Waals surface area contributed by atoms with Gasteiger partial charge in [0.1, 0.15) is 0 Å². The number of nitrogens with two attached hydrogens (primary N) is 1. The molecule has 1 heterocycles. The van der Waals surface area contributed by atoms with Crippen LogP contribution in [0.25, 0.3) is 0 Å². The summed E-state index contributed by atoms with van der Waals surface area (Å²) in [5.41, 5.74) is 4.02. The van der Waals surface area contributed by atoms with Crippen molar-refractivity contribution in [1.82, 2.24) is 5.32 Å². The Morgan fingerprint density at radius 1 is 1.43 bits per heavy atom. The summed E-state index contributed by atoms with van der Waals surface area (Å²) < 4.78 is 39.2. The summed E-state index contributed by atoms with van der Waals surface area (Å²) in [7, 11) is 1.84. The minimum absolute atomic E-state index is 0.254. The molecule has 1 atom stereocenters. The fourth-order valence-corrected chi connectivity index (χ4v) is 2.63. The summed E-state index contributed by atoms with van der Waals surface area (Å²) in [4.78, 5) is 13.0. The first-order valence-corrected chi connectivity index (χ1v) is 6.76. The maximum Gasteiger partial charge on any atom is 0.417 e. The van der Waals surface area contributed by atoms with E-state index < -0.39 is 23.2 Å². The third-order valence-corrected chi connectivity index (χ3v) is 3.77. The molecule has 1 aliphatic heterocycles. The summed E-state index contributed by atoms with van der Waals surface area (Å²) in [6.45, 7) is 1.34. The normalized spacial score (nSPS) is 19.6. The topological polar surface area (TPSA) is 58.4 Å². The molecule has 1 aromatic carbocycles. The lowest BCUT2D eigenvalue weighted by molar-refractivity contribution is -0.137. The lowest BCUT2D eigenvalue weighted by atomic mass is 10.0. The molecule has 0 saturated carbocycles. The number of rotatable bonds is 3. The lowest BCUT2D eigenvalue weighted by Crippen LogP contribution is -2.44. The molecule has 0 aliphatic carbocycles. The van der Waals surface area contributed by atoms with Crippen LogP contribution in [0.15, 0.2) is 18.2 Å². The molecule has 1 amide bonds. The summed E-state index contributed by atoms with van der Waals surface area (Å²) in [5, 5.41) is 3.14. The number of hydrogen-bond donors (Lipinski definition) is 2. The van der Waals surface area contributed by atoms with E-state index >= 15 is 0 Å². The molecule has 1 unspecified atom stereocenters. The van der Waals surface area contributed by atoms with Gasteiger partial charge in [-0.05, 0) is 38.1 Å². The highest BCUT2D eigenvalue weighted by Crippen LogP contribution is 2.35. The van der Waals surface area contributed by atoms with Crippen molar-refractivity contribution < 1.29 is 18.0 Å². The number of benzene rings is 1. The zero-order chi connectivity index (χ0) is 15.6. The van der Waals surface area contributed by atoms with Gasteiger partial charge >= 0.3 is 6.18 Å². The molecule has 1 fully saturated rings. The fraction of sp³-hybridized carbons (Fsp3) is 0.500. The van der Waals surface area contributed by atoms with E-state index in [1.54, 1.807) is 0 Å². The second-order valence-corrected chi connectivity index (χ2v) is 5.17. The van der Waals surface area contributed by atoms with Crippen LogP contribution in [0, 0.1) is 0 Å². The van der Waals surface area contributed by atoms with E-state index in [0.717, 1.165) is 25.0 Å². The summed E-state index contributed by atoms with van der Waals surface area (Å²) in [6, 6.07) is 3.94. The molecule has 0 spiro atoms. The van der Waals surface area contributed by atoms with Crippen molar-refractivity contribution in [3.63, 3.8) is 0 Å². The molecule has 1 aromatic rings. The largest absolute Gasteiger partial charge is 0.417 e.